The maximum atomic E-state index is 11.5. The summed E-state index contributed by atoms with van der Waals surface area (Å²) in [7, 11) is 0. The lowest BCUT2D eigenvalue weighted by Crippen LogP contribution is -2.52. The Balaban J connectivity index is 1.78. The molecule has 2 aliphatic rings. The first-order valence-electron chi connectivity index (χ1n) is 6.41. The molecule has 0 radical (unpaired) electrons. The summed E-state index contributed by atoms with van der Waals surface area (Å²) >= 11 is 0. The van der Waals surface area contributed by atoms with E-state index in [1.165, 1.54) is 0 Å². The molecule has 0 N–H and O–H groups in total. The Morgan fingerprint density at radius 1 is 1.19 bits per heavy atom. The highest BCUT2D eigenvalue weighted by atomic mass is 16.5. The van der Waals surface area contributed by atoms with Crippen LogP contribution in [0.5, 0.6) is 0 Å². The molecule has 0 aromatic rings. The Hall–Kier alpha value is -0.610. The molecule has 0 aromatic carbocycles. The van der Waals surface area contributed by atoms with E-state index in [4.69, 9.17) is 4.74 Å². The van der Waals surface area contributed by atoms with Crippen molar-refractivity contribution in [3.63, 3.8) is 0 Å². The van der Waals surface area contributed by atoms with Gasteiger partial charge in [-0.15, -0.1) is 0 Å². The quantitative estimate of drug-likeness (QED) is 0.695. The minimum atomic E-state index is 0.298. The molecule has 16 heavy (non-hydrogen) atoms. The first kappa shape index (κ1) is 11.9. The average Bonchev–Trinajstić information content (AvgIpc) is 2.39. The van der Waals surface area contributed by atoms with Gasteiger partial charge in [0.15, 0.2) is 0 Å². The second kappa shape index (κ2) is 5.64. The number of ether oxygens (including phenoxy) is 1. The second-order valence-corrected chi connectivity index (χ2v) is 4.61. The lowest BCUT2D eigenvalue weighted by atomic mass is 10.1. The first-order valence-corrected chi connectivity index (χ1v) is 6.41. The van der Waals surface area contributed by atoms with Crippen LogP contribution in [0.25, 0.3) is 0 Å². The zero-order chi connectivity index (χ0) is 11.4. The highest BCUT2D eigenvalue weighted by Gasteiger charge is 2.26. The monoisotopic (exact) mass is 226 g/mol. The Morgan fingerprint density at radius 2 is 1.81 bits per heavy atom. The standard InChI is InChI=1S/C12H22N2O2/c1-2-12(15)14-7-5-13(6-8-14)11-3-9-16-10-4-11/h11H,2-10H2,1H3. The van der Waals surface area contributed by atoms with Crippen LogP contribution in [0.2, 0.25) is 0 Å². The van der Waals surface area contributed by atoms with E-state index in [1.54, 1.807) is 0 Å². The zero-order valence-electron chi connectivity index (χ0n) is 10.2. The smallest absolute Gasteiger partial charge is 0.222 e. The molecule has 0 spiro atoms. The van der Waals surface area contributed by atoms with Gasteiger partial charge in [-0.1, -0.05) is 6.92 Å². The molecule has 4 heteroatoms. The number of carbonyl (C=O) groups is 1. The molecule has 0 aromatic heterocycles. The van der Waals surface area contributed by atoms with Crippen LogP contribution in [-0.4, -0.2) is 61.1 Å². The maximum absolute atomic E-state index is 11.5. The van der Waals surface area contributed by atoms with Gasteiger partial charge in [0.2, 0.25) is 5.91 Å². The molecule has 0 bridgehead atoms. The van der Waals surface area contributed by atoms with Crippen molar-refractivity contribution < 1.29 is 9.53 Å². The normalized spacial score (nSPS) is 24.7. The summed E-state index contributed by atoms with van der Waals surface area (Å²) in [6, 6.07) is 0.688. The van der Waals surface area contributed by atoms with Gasteiger partial charge in [-0.25, -0.2) is 0 Å². The van der Waals surface area contributed by atoms with Crippen molar-refractivity contribution in [3.8, 4) is 0 Å². The second-order valence-electron chi connectivity index (χ2n) is 4.61. The van der Waals surface area contributed by atoms with E-state index in [0.717, 1.165) is 52.2 Å². The van der Waals surface area contributed by atoms with Crippen LogP contribution in [0.15, 0.2) is 0 Å². The molecule has 2 fully saturated rings. The van der Waals surface area contributed by atoms with Gasteiger partial charge in [0.25, 0.3) is 0 Å². The Kier molecular flexibility index (Phi) is 4.18. The van der Waals surface area contributed by atoms with Crippen LogP contribution in [0.1, 0.15) is 26.2 Å². The Bertz CT molecular complexity index is 231. The molecular formula is C12H22N2O2. The molecule has 2 aliphatic heterocycles. The van der Waals surface area contributed by atoms with Gasteiger partial charge in [-0.05, 0) is 12.8 Å². The Morgan fingerprint density at radius 3 is 2.38 bits per heavy atom. The molecular weight excluding hydrogens is 204 g/mol. The molecule has 2 rings (SSSR count). The molecule has 1 amide bonds. The summed E-state index contributed by atoms with van der Waals surface area (Å²) in [4.78, 5) is 16.1. The van der Waals surface area contributed by atoms with E-state index in [9.17, 15) is 4.79 Å². The number of nitrogens with zero attached hydrogens (tertiary/aromatic N) is 2. The zero-order valence-corrected chi connectivity index (χ0v) is 10.2. The van der Waals surface area contributed by atoms with Crippen molar-refractivity contribution in [2.24, 2.45) is 0 Å². The molecule has 0 saturated carbocycles. The third-order valence-electron chi connectivity index (χ3n) is 3.68. The van der Waals surface area contributed by atoms with Gasteiger partial charge in [0.05, 0.1) is 0 Å². The van der Waals surface area contributed by atoms with E-state index < -0.39 is 0 Å². The van der Waals surface area contributed by atoms with E-state index in [0.29, 0.717) is 18.4 Å². The fraction of sp³-hybridized carbons (Fsp3) is 0.917. The number of piperazine rings is 1. The molecule has 0 atom stereocenters. The Labute approximate surface area is 97.5 Å². The predicted octanol–water partition coefficient (Wildman–Crippen LogP) is 0.720. The van der Waals surface area contributed by atoms with Gasteiger partial charge in [-0.3, -0.25) is 9.69 Å². The predicted molar refractivity (Wildman–Crippen MR) is 62.3 cm³/mol. The fourth-order valence-electron chi connectivity index (χ4n) is 2.61. The van der Waals surface area contributed by atoms with Gasteiger partial charge in [-0.2, -0.15) is 0 Å². The van der Waals surface area contributed by atoms with E-state index in [2.05, 4.69) is 4.90 Å². The van der Waals surface area contributed by atoms with Crippen LogP contribution in [0.4, 0.5) is 0 Å². The number of rotatable bonds is 2. The minimum Gasteiger partial charge on any atom is -0.381 e. The van der Waals surface area contributed by atoms with Crippen LogP contribution in [0, 0.1) is 0 Å². The van der Waals surface area contributed by atoms with Crippen molar-refractivity contribution >= 4 is 5.91 Å². The average molecular weight is 226 g/mol. The number of carbonyl (C=O) groups excluding carboxylic acids is 1. The third-order valence-corrected chi connectivity index (χ3v) is 3.68. The maximum Gasteiger partial charge on any atom is 0.222 e. The first-order chi connectivity index (χ1) is 7.81. The lowest BCUT2D eigenvalue weighted by molar-refractivity contribution is -0.133. The van der Waals surface area contributed by atoms with Crippen LogP contribution >= 0.6 is 0 Å². The number of hydrogen-bond acceptors (Lipinski definition) is 3. The minimum absolute atomic E-state index is 0.298. The summed E-state index contributed by atoms with van der Waals surface area (Å²) in [6.07, 6.45) is 2.95. The lowest BCUT2D eigenvalue weighted by Gasteiger charge is -2.40. The highest BCUT2D eigenvalue weighted by Crippen LogP contribution is 2.16. The fourth-order valence-corrected chi connectivity index (χ4v) is 2.61. The van der Waals surface area contributed by atoms with Crippen molar-refractivity contribution in [2.75, 3.05) is 39.4 Å². The van der Waals surface area contributed by atoms with E-state index >= 15 is 0 Å². The summed E-state index contributed by atoms with van der Waals surface area (Å²) in [6.45, 7) is 7.63. The molecule has 2 heterocycles. The number of hydrogen-bond donors (Lipinski definition) is 0. The molecule has 2 saturated heterocycles. The summed E-state index contributed by atoms with van der Waals surface area (Å²) in [5.41, 5.74) is 0. The molecule has 92 valence electrons. The van der Waals surface area contributed by atoms with Crippen LogP contribution in [0.3, 0.4) is 0 Å². The molecule has 0 unspecified atom stereocenters. The number of amides is 1. The van der Waals surface area contributed by atoms with E-state index in [1.807, 2.05) is 11.8 Å². The van der Waals surface area contributed by atoms with Gasteiger partial charge < -0.3 is 9.64 Å². The molecule has 0 aliphatic carbocycles. The van der Waals surface area contributed by atoms with Crippen LogP contribution < -0.4 is 0 Å². The van der Waals surface area contributed by atoms with Gasteiger partial charge >= 0.3 is 0 Å². The van der Waals surface area contributed by atoms with E-state index in [-0.39, 0.29) is 0 Å². The summed E-state index contributed by atoms with van der Waals surface area (Å²) < 4.78 is 5.38. The van der Waals surface area contributed by atoms with Crippen molar-refractivity contribution in [1.29, 1.82) is 0 Å². The molecule has 4 nitrogen and oxygen atoms in total. The van der Waals surface area contributed by atoms with Crippen molar-refractivity contribution in [1.82, 2.24) is 9.80 Å². The van der Waals surface area contributed by atoms with Gasteiger partial charge in [0.1, 0.15) is 0 Å². The van der Waals surface area contributed by atoms with Crippen LogP contribution in [-0.2, 0) is 9.53 Å². The largest absolute Gasteiger partial charge is 0.381 e. The van der Waals surface area contributed by atoms with Crippen molar-refractivity contribution in [3.05, 3.63) is 0 Å². The topological polar surface area (TPSA) is 32.8 Å². The third kappa shape index (κ3) is 2.74. The van der Waals surface area contributed by atoms with Crippen molar-refractivity contribution in [2.45, 2.75) is 32.2 Å². The SMILES string of the molecule is CCC(=O)N1CCN(C2CCOCC2)CC1. The summed E-state index contributed by atoms with van der Waals surface area (Å²) in [5, 5.41) is 0. The highest BCUT2D eigenvalue weighted by molar-refractivity contribution is 5.75. The van der Waals surface area contributed by atoms with Gasteiger partial charge in [0, 0.05) is 51.9 Å². The summed E-state index contributed by atoms with van der Waals surface area (Å²) in [5.74, 6) is 0.298.